The van der Waals surface area contributed by atoms with Gasteiger partial charge in [-0.15, -0.1) is 0 Å². The Bertz CT molecular complexity index is 542. The summed E-state index contributed by atoms with van der Waals surface area (Å²) < 4.78 is 0. The van der Waals surface area contributed by atoms with E-state index in [2.05, 4.69) is 15.2 Å². The van der Waals surface area contributed by atoms with Crippen molar-refractivity contribution in [3.63, 3.8) is 0 Å². The highest BCUT2D eigenvalue weighted by Gasteiger charge is 2.04. The van der Waals surface area contributed by atoms with Gasteiger partial charge in [-0.1, -0.05) is 0 Å². The van der Waals surface area contributed by atoms with Crippen molar-refractivity contribution in [2.75, 3.05) is 14.1 Å². The molecule has 1 heterocycles. The SMILES string of the molecule is CN(C)C=NC(=O)c1ccc2[nH]ncc2c1. The lowest BCUT2D eigenvalue weighted by molar-refractivity contribution is 0.100. The van der Waals surface area contributed by atoms with Gasteiger partial charge in [0.15, 0.2) is 0 Å². The average Bonchev–Trinajstić information content (AvgIpc) is 2.72. The molecule has 0 aliphatic carbocycles. The molecule has 0 spiro atoms. The summed E-state index contributed by atoms with van der Waals surface area (Å²) >= 11 is 0. The third-order valence-electron chi connectivity index (χ3n) is 2.09. The van der Waals surface area contributed by atoms with E-state index in [-0.39, 0.29) is 5.91 Å². The third kappa shape index (κ3) is 2.08. The second kappa shape index (κ2) is 4.14. The van der Waals surface area contributed by atoms with Gasteiger partial charge in [0.1, 0.15) is 0 Å². The van der Waals surface area contributed by atoms with E-state index in [1.807, 2.05) is 20.2 Å². The van der Waals surface area contributed by atoms with Gasteiger partial charge in [-0.25, -0.2) is 0 Å². The number of carbonyl (C=O) groups is 1. The predicted octanol–water partition coefficient (Wildman–Crippen LogP) is 1.29. The standard InChI is InChI=1S/C11H12N4O/c1-15(2)7-12-11(16)8-3-4-10-9(5-8)6-13-14-10/h3-7H,1-2H3,(H,13,14). The number of H-pyrrole nitrogens is 1. The highest BCUT2D eigenvalue weighted by atomic mass is 16.1. The quantitative estimate of drug-likeness (QED) is 0.608. The van der Waals surface area contributed by atoms with E-state index in [9.17, 15) is 4.79 Å². The molecule has 2 rings (SSSR count). The lowest BCUT2D eigenvalue weighted by atomic mass is 10.1. The monoisotopic (exact) mass is 216 g/mol. The molecule has 2 aromatic rings. The van der Waals surface area contributed by atoms with Gasteiger partial charge in [0, 0.05) is 25.0 Å². The van der Waals surface area contributed by atoms with E-state index in [1.54, 1.807) is 23.2 Å². The molecule has 0 saturated heterocycles. The maximum Gasteiger partial charge on any atom is 0.278 e. The summed E-state index contributed by atoms with van der Waals surface area (Å²) in [7, 11) is 3.63. The molecule has 0 unspecified atom stereocenters. The van der Waals surface area contributed by atoms with E-state index in [4.69, 9.17) is 0 Å². The molecular weight excluding hydrogens is 204 g/mol. The van der Waals surface area contributed by atoms with Crippen LogP contribution < -0.4 is 0 Å². The summed E-state index contributed by atoms with van der Waals surface area (Å²) in [5.41, 5.74) is 1.47. The van der Waals surface area contributed by atoms with Crippen LogP contribution in [0.2, 0.25) is 0 Å². The normalized spacial score (nSPS) is 11.1. The fourth-order valence-electron chi connectivity index (χ4n) is 1.32. The first-order valence-corrected chi connectivity index (χ1v) is 4.85. The molecule has 0 fully saturated rings. The van der Waals surface area contributed by atoms with Gasteiger partial charge >= 0.3 is 0 Å². The number of fused-ring (bicyclic) bond motifs is 1. The Morgan fingerprint density at radius 1 is 1.50 bits per heavy atom. The summed E-state index contributed by atoms with van der Waals surface area (Å²) in [4.78, 5) is 17.2. The summed E-state index contributed by atoms with van der Waals surface area (Å²) in [6.45, 7) is 0. The van der Waals surface area contributed by atoms with Crippen molar-refractivity contribution in [3.05, 3.63) is 30.0 Å². The first-order chi connectivity index (χ1) is 7.66. The summed E-state index contributed by atoms with van der Waals surface area (Å²) in [5.74, 6) is -0.253. The van der Waals surface area contributed by atoms with Gasteiger partial charge in [-0.05, 0) is 18.2 Å². The maximum absolute atomic E-state index is 11.7. The molecule has 16 heavy (non-hydrogen) atoms. The van der Waals surface area contributed by atoms with Gasteiger partial charge in [-0.2, -0.15) is 10.1 Å². The molecule has 1 N–H and O–H groups in total. The molecule has 0 aliphatic rings. The molecular formula is C11H12N4O. The molecule has 82 valence electrons. The minimum Gasteiger partial charge on any atom is -0.369 e. The Hall–Kier alpha value is -2.17. The Kier molecular flexibility index (Phi) is 2.68. The van der Waals surface area contributed by atoms with Crippen molar-refractivity contribution in [2.24, 2.45) is 4.99 Å². The van der Waals surface area contributed by atoms with E-state index < -0.39 is 0 Å². The zero-order valence-electron chi connectivity index (χ0n) is 9.14. The Morgan fingerprint density at radius 2 is 2.31 bits per heavy atom. The molecule has 0 radical (unpaired) electrons. The first-order valence-electron chi connectivity index (χ1n) is 4.85. The minimum atomic E-state index is -0.253. The van der Waals surface area contributed by atoms with Crippen molar-refractivity contribution in [3.8, 4) is 0 Å². The molecule has 1 aromatic heterocycles. The number of nitrogens with one attached hydrogen (secondary N) is 1. The largest absolute Gasteiger partial charge is 0.369 e. The summed E-state index contributed by atoms with van der Waals surface area (Å²) in [5, 5.41) is 7.63. The van der Waals surface area contributed by atoms with Crippen LogP contribution in [0.4, 0.5) is 0 Å². The second-order valence-corrected chi connectivity index (χ2v) is 3.69. The van der Waals surface area contributed by atoms with Crippen LogP contribution in [0, 0.1) is 0 Å². The second-order valence-electron chi connectivity index (χ2n) is 3.69. The van der Waals surface area contributed by atoms with Crippen molar-refractivity contribution in [2.45, 2.75) is 0 Å². The molecule has 1 amide bonds. The van der Waals surface area contributed by atoms with Crippen LogP contribution in [0.1, 0.15) is 10.4 Å². The first kappa shape index (κ1) is 10.4. The number of aromatic nitrogens is 2. The lowest BCUT2D eigenvalue weighted by Crippen LogP contribution is -2.09. The Morgan fingerprint density at radius 3 is 3.06 bits per heavy atom. The highest BCUT2D eigenvalue weighted by molar-refractivity contribution is 6.01. The van der Waals surface area contributed by atoms with Crippen LogP contribution in [0.3, 0.4) is 0 Å². The number of carbonyl (C=O) groups excluding carboxylic acids is 1. The lowest BCUT2D eigenvalue weighted by Gasteiger charge is -2.01. The number of amides is 1. The summed E-state index contributed by atoms with van der Waals surface area (Å²) in [6, 6.07) is 5.32. The molecule has 0 aliphatic heterocycles. The Balaban J connectivity index is 2.29. The van der Waals surface area contributed by atoms with Crippen molar-refractivity contribution >= 4 is 23.1 Å². The maximum atomic E-state index is 11.7. The van der Waals surface area contributed by atoms with Crippen LogP contribution in [0.25, 0.3) is 10.9 Å². The van der Waals surface area contributed by atoms with Gasteiger partial charge in [-0.3, -0.25) is 9.89 Å². The van der Waals surface area contributed by atoms with Crippen LogP contribution in [-0.4, -0.2) is 41.4 Å². The molecule has 5 heteroatoms. The predicted molar refractivity (Wildman–Crippen MR) is 62.6 cm³/mol. The molecule has 0 atom stereocenters. The number of aromatic amines is 1. The number of aliphatic imine (C=N–C) groups is 1. The van der Waals surface area contributed by atoms with E-state index in [0.717, 1.165) is 10.9 Å². The smallest absolute Gasteiger partial charge is 0.278 e. The summed E-state index contributed by atoms with van der Waals surface area (Å²) in [6.07, 6.45) is 3.17. The minimum absolute atomic E-state index is 0.253. The van der Waals surface area contributed by atoms with E-state index >= 15 is 0 Å². The number of rotatable bonds is 2. The van der Waals surface area contributed by atoms with Crippen LogP contribution >= 0.6 is 0 Å². The van der Waals surface area contributed by atoms with Crippen LogP contribution in [0.5, 0.6) is 0 Å². The fraction of sp³-hybridized carbons (Fsp3) is 0.182. The Labute approximate surface area is 92.8 Å². The van der Waals surface area contributed by atoms with Crippen LogP contribution in [0.15, 0.2) is 29.4 Å². The van der Waals surface area contributed by atoms with E-state index in [0.29, 0.717) is 5.56 Å². The van der Waals surface area contributed by atoms with Gasteiger partial charge in [0.05, 0.1) is 18.1 Å². The number of hydrogen-bond acceptors (Lipinski definition) is 2. The highest BCUT2D eigenvalue weighted by Crippen LogP contribution is 2.13. The molecule has 5 nitrogen and oxygen atoms in total. The van der Waals surface area contributed by atoms with Crippen molar-refractivity contribution in [1.82, 2.24) is 15.1 Å². The third-order valence-corrected chi connectivity index (χ3v) is 2.09. The zero-order valence-corrected chi connectivity index (χ0v) is 9.14. The molecule has 0 saturated carbocycles. The van der Waals surface area contributed by atoms with Gasteiger partial charge in [0.2, 0.25) is 0 Å². The number of nitrogens with zero attached hydrogens (tertiary/aromatic N) is 3. The van der Waals surface area contributed by atoms with Gasteiger partial charge < -0.3 is 4.90 Å². The topological polar surface area (TPSA) is 61.4 Å². The zero-order chi connectivity index (χ0) is 11.5. The molecule has 1 aromatic carbocycles. The fourth-order valence-corrected chi connectivity index (χ4v) is 1.32. The van der Waals surface area contributed by atoms with Crippen molar-refractivity contribution in [1.29, 1.82) is 0 Å². The van der Waals surface area contributed by atoms with Crippen LogP contribution in [-0.2, 0) is 0 Å². The van der Waals surface area contributed by atoms with Gasteiger partial charge in [0.25, 0.3) is 5.91 Å². The number of benzene rings is 1. The van der Waals surface area contributed by atoms with E-state index in [1.165, 1.54) is 6.34 Å². The van der Waals surface area contributed by atoms with Crippen molar-refractivity contribution < 1.29 is 4.79 Å². The average molecular weight is 216 g/mol. The number of hydrogen-bond donors (Lipinski definition) is 1. The molecule has 0 bridgehead atoms.